The summed E-state index contributed by atoms with van der Waals surface area (Å²) >= 11 is 3.42. The smallest absolute Gasteiger partial charge is 0.287 e. The minimum atomic E-state index is -0.336. The first-order chi connectivity index (χ1) is 14.0. The van der Waals surface area contributed by atoms with Gasteiger partial charge in [0.25, 0.3) is 11.5 Å². The Morgan fingerprint density at radius 3 is 2.48 bits per heavy atom. The van der Waals surface area contributed by atoms with Crippen molar-refractivity contribution in [2.45, 2.75) is 20.4 Å². The van der Waals surface area contributed by atoms with Crippen LogP contribution in [0.3, 0.4) is 0 Å². The average Bonchev–Trinajstić information content (AvgIpc) is 2.74. The van der Waals surface area contributed by atoms with E-state index in [9.17, 15) is 9.59 Å². The molecule has 0 bridgehead atoms. The minimum Gasteiger partial charge on any atom is -0.348 e. The molecule has 0 aliphatic heterocycles. The van der Waals surface area contributed by atoms with Gasteiger partial charge in [0, 0.05) is 17.6 Å². The highest BCUT2D eigenvalue weighted by molar-refractivity contribution is 9.10. The summed E-state index contributed by atoms with van der Waals surface area (Å²) in [5.41, 5.74) is 1.23. The van der Waals surface area contributed by atoms with Crippen molar-refractivity contribution in [3.05, 3.63) is 74.7 Å². The second-order valence-electron chi connectivity index (χ2n) is 6.75. The van der Waals surface area contributed by atoms with Gasteiger partial charge < -0.3 is 10.2 Å². The molecule has 29 heavy (non-hydrogen) atoms. The van der Waals surface area contributed by atoms with Gasteiger partial charge in [0.1, 0.15) is 0 Å². The van der Waals surface area contributed by atoms with Gasteiger partial charge in [-0.15, -0.1) is 0 Å². The van der Waals surface area contributed by atoms with E-state index >= 15 is 0 Å². The number of rotatable bonds is 8. The van der Waals surface area contributed by atoms with E-state index in [1.807, 2.05) is 30.3 Å². The Hall–Kier alpha value is -2.51. The van der Waals surface area contributed by atoms with Crippen LogP contribution in [-0.4, -0.2) is 46.5 Å². The van der Waals surface area contributed by atoms with Crippen LogP contribution in [0.2, 0.25) is 0 Å². The molecule has 0 saturated heterocycles. The number of benzene rings is 2. The molecule has 1 aromatic heterocycles. The molecule has 3 rings (SSSR count). The molecule has 0 aliphatic rings. The number of hydrogen-bond acceptors (Lipinski definition) is 4. The molecule has 1 heterocycles. The van der Waals surface area contributed by atoms with Crippen molar-refractivity contribution in [2.75, 3.05) is 26.2 Å². The molecular formula is C22H25BrN4O2. The van der Waals surface area contributed by atoms with Gasteiger partial charge in [0.15, 0.2) is 0 Å². The second kappa shape index (κ2) is 9.80. The van der Waals surface area contributed by atoms with Crippen molar-refractivity contribution >= 4 is 32.7 Å². The van der Waals surface area contributed by atoms with E-state index in [1.165, 1.54) is 4.57 Å². The fourth-order valence-electron chi connectivity index (χ4n) is 3.21. The van der Waals surface area contributed by atoms with Crippen LogP contribution in [0, 0.1) is 0 Å². The van der Waals surface area contributed by atoms with Gasteiger partial charge in [-0.3, -0.25) is 14.2 Å². The standard InChI is InChI=1S/C22H25BrN4O2/c1-3-26(4-2)14-13-24-21(28)20-25-19-8-6-5-7-18(19)22(29)27(20)15-16-9-11-17(23)12-10-16/h5-12H,3-4,13-15H2,1-2H3,(H,24,28). The molecule has 0 atom stereocenters. The molecule has 1 N–H and O–H groups in total. The first-order valence-electron chi connectivity index (χ1n) is 9.78. The van der Waals surface area contributed by atoms with Crippen LogP contribution in [0.1, 0.15) is 30.0 Å². The third kappa shape index (κ3) is 5.10. The normalized spacial score (nSPS) is 11.2. The van der Waals surface area contributed by atoms with Crippen molar-refractivity contribution in [2.24, 2.45) is 0 Å². The number of halogens is 1. The lowest BCUT2D eigenvalue weighted by Gasteiger charge is -2.18. The molecular weight excluding hydrogens is 432 g/mol. The number of hydrogen-bond donors (Lipinski definition) is 1. The number of nitrogens with one attached hydrogen (secondary N) is 1. The number of amides is 1. The van der Waals surface area contributed by atoms with E-state index in [4.69, 9.17) is 0 Å². The van der Waals surface area contributed by atoms with Crippen LogP contribution < -0.4 is 10.9 Å². The lowest BCUT2D eigenvalue weighted by atomic mass is 10.2. The lowest BCUT2D eigenvalue weighted by molar-refractivity contribution is 0.0933. The third-order valence-electron chi connectivity index (χ3n) is 4.93. The molecule has 0 fully saturated rings. The summed E-state index contributed by atoms with van der Waals surface area (Å²) in [5, 5.41) is 3.42. The maximum absolute atomic E-state index is 13.1. The van der Waals surface area contributed by atoms with Gasteiger partial charge in [-0.2, -0.15) is 0 Å². The Morgan fingerprint density at radius 2 is 1.79 bits per heavy atom. The number of para-hydroxylation sites is 1. The van der Waals surface area contributed by atoms with E-state index in [0.717, 1.165) is 29.7 Å². The van der Waals surface area contributed by atoms with Gasteiger partial charge in [-0.25, -0.2) is 4.98 Å². The van der Waals surface area contributed by atoms with Gasteiger partial charge >= 0.3 is 0 Å². The van der Waals surface area contributed by atoms with Crippen molar-refractivity contribution in [3.8, 4) is 0 Å². The number of carbonyl (C=O) groups is 1. The molecule has 1 amide bonds. The fraction of sp³-hybridized carbons (Fsp3) is 0.318. The number of fused-ring (bicyclic) bond motifs is 1. The van der Waals surface area contributed by atoms with E-state index in [0.29, 0.717) is 17.4 Å². The van der Waals surface area contributed by atoms with Gasteiger partial charge in [0.05, 0.1) is 17.4 Å². The zero-order valence-electron chi connectivity index (χ0n) is 16.7. The number of likely N-dealkylation sites (N-methyl/N-ethyl adjacent to an activating group) is 1. The maximum Gasteiger partial charge on any atom is 0.287 e. The van der Waals surface area contributed by atoms with E-state index < -0.39 is 0 Å². The molecule has 7 heteroatoms. The van der Waals surface area contributed by atoms with Crippen molar-refractivity contribution < 1.29 is 4.79 Å². The van der Waals surface area contributed by atoms with Crippen LogP contribution >= 0.6 is 15.9 Å². The van der Waals surface area contributed by atoms with E-state index in [2.05, 4.69) is 45.0 Å². The number of nitrogens with zero attached hydrogens (tertiary/aromatic N) is 3. The van der Waals surface area contributed by atoms with Crippen molar-refractivity contribution in [3.63, 3.8) is 0 Å². The first-order valence-corrected chi connectivity index (χ1v) is 10.6. The molecule has 0 saturated carbocycles. The third-order valence-corrected chi connectivity index (χ3v) is 5.46. The Kier molecular flexibility index (Phi) is 7.17. The zero-order valence-corrected chi connectivity index (χ0v) is 18.3. The van der Waals surface area contributed by atoms with E-state index in [-0.39, 0.29) is 23.8 Å². The number of carbonyl (C=O) groups excluding carboxylic acids is 1. The van der Waals surface area contributed by atoms with Crippen LogP contribution in [0.25, 0.3) is 10.9 Å². The average molecular weight is 457 g/mol. The minimum absolute atomic E-state index is 0.135. The Morgan fingerprint density at radius 1 is 1.10 bits per heavy atom. The van der Waals surface area contributed by atoms with Gasteiger partial charge in [-0.1, -0.05) is 54.0 Å². The molecule has 2 aromatic carbocycles. The summed E-state index contributed by atoms with van der Waals surface area (Å²) in [6.07, 6.45) is 0. The highest BCUT2D eigenvalue weighted by atomic mass is 79.9. The zero-order chi connectivity index (χ0) is 20.8. The van der Waals surface area contributed by atoms with Crippen LogP contribution in [0.4, 0.5) is 0 Å². The van der Waals surface area contributed by atoms with Gasteiger partial charge in [0.2, 0.25) is 5.82 Å². The molecule has 152 valence electrons. The SMILES string of the molecule is CCN(CC)CCNC(=O)c1nc2ccccc2c(=O)n1Cc1ccc(Br)cc1. The number of aromatic nitrogens is 2. The summed E-state index contributed by atoms with van der Waals surface area (Å²) < 4.78 is 2.41. The lowest BCUT2D eigenvalue weighted by Crippen LogP contribution is -2.38. The largest absolute Gasteiger partial charge is 0.348 e. The quantitative estimate of drug-likeness (QED) is 0.564. The highest BCUT2D eigenvalue weighted by Gasteiger charge is 2.17. The second-order valence-corrected chi connectivity index (χ2v) is 7.67. The molecule has 0 radical (unpaired) electrons. The van der Waals surface area contributed by atoms with Crippen LogP contribution in [0.5, 0.6) is 0 Å². The Labute approximate surface area is 178 Å². The molecule has 6 nitrogen and oxygen atoms in total. The maximum atomic E-state index is 13.1. The molecule has 3 aromatic rings. The predicted octanol–water partition coefficient (Wildman–Crippen LogP) is 3.28. The fourth-order valence-corrected chi connectivity index (χ4v) is 3.47. The van der Waals surface area contributed by atoms with E-state index in [1.54, 1.807) is 18.2 Å². The highest BCUT2D eigenvalue weighted by Crippen LogP contribution is 2.13. The van der Waals surface area contributed by atoms with Crippen molar-refractivity contribution in [1.82, 2.24) is 19.8 Å². The summed E-state index contributed by atoms with van der Waals surface area (Å²) in [4.78, 5) is 32.8. The molecule has 0 aliphatic carbocycles. The molecule has 0 unspecified atom stereocenters. The Bertz CT molecular complexity index is 1040. The summed E-state index contributed by atoms with van der Waals surface area (Å²) in [6, 6.07) is 14.8. The molecule has 0 spiro atoms. The monoisotopic (exact) mass is 456 g/mol. The van der Waals surface area contributed by atoms with Gasteiger partial charge in [-0.05, 0) is 42.9 Å². The first kappa shape index (κ1) is 21.2. The Balaban J connectivity index is 1.94. The topological polar surface area (TPSA) is 67.2 Å². The summed E-state index contributed by atoms with van der Waals surface area (Å²) in [5.74, 6) is -0.201. The predicted molar refractivity (Wildman–Crippen MR) is 119 cm³/mol. The van der Waals surface area contributed by atoms with Crippen molar-refractivity contribution in [1.29, 1.82) is 0 Å². The summed E-state index contributed by atoms with van der Waals surface area (Å²) in [7, 11) is 0. The summed E-state index contributed by atoms with van der Waals surface area (Å²) in [6.45, 7) is 7.56. The van der Waals surface area contributed by atoms with Crippen LogP contribution in [-0.2, 0) is 6.54 Å². The van der Waals surface area contributed by atoms with Crippen LogP contribution in [0.15, 0.2) is 57.8 Å².